The Hall–Kier alpha value is -1.87. The van der Waals surface area contributed by atoms with Gasteiger partial charge in [0.15, 0.2) is 0 Å². The summed E-state index contributed by atoms with van der Waals surface area (Å²) in [6.45, 7) is 5.06. The molecule has 1 heterocycles. The Kier molecular flexibility index (Phi) is 12.0. The SMILES string of the molecule is C#CCOCC.Cc1ccc2nc(C(N)=O)ncc2c1.Cl.Cl. The number of aryl methyl sites for hydroxylation is 1. The fourth-order valence-corrected chi connectivity index (χ4v) is 1.43. The maximum Gasteiger partial charge on any atom is 0.286 e. The molecule has 0 aliphatic rings. The van der Waals surface area contributed by atoms with E-state index in [1.807, 2.05) is 32.0 Å². The van der Waals surface area contributed by atoms with Crippen molar-refractivity contribution in [3.63, 3.8) is 0 Å². The minimum Gasteiger partial charge on any atom is -0.369 e. The zero-order valence-corrected chi connectivity index (χ0v) is 14.0. The number of carbonyl (C=O) groups is 1. The summed E-state index contributed by atoms with van der Waals surface area (Å²) in [4.78, 5) is 18.7. The zero-order chi connectivity index (χ0) is 15.0. The third-order valence-electron chi connectivity index (χ3n) is 2.35. The number of hydrogen-bond donors (Lipinski definition) is 1. The third-order valence-corrected chi connectivity index (χ3v) is 2.35. The van der Waals surface area contributed by atoms with Gasteiger partial charge in [0.05, 0.1) is 5.52 Å². The molecule has 0 aliphatic heterocycles. The van der Waals surface area contributed by atoms with Gasteiger partial charge in [-0.05, 0) is 26.0 Å². The molecule has 7 heteroatoms. The maximum atomic E-state index is 10.8. The van der Waals surface area contributed by atoms with Crippen LogP contribution in [0.1, 0.15) is 23.1 Å². The summed E-state index contributed by atoms with van der Waals surface area (Å²) in [7, 11) is 0. The number of benzene rings is 1. The first-order valence-electron chi connectivity index (χ1n) is 6.13. The lowest BCUT2D eigenvalue weighted by molar-refractivity contribution is 0.0991. The molecule has 0 saturated carbocycles. The standard InChI is InChI=1S/C10H9N3O.C5H8O.2ClH/c1-6-2-3-8-7(4-6)5-12-10(13-8)9(11)14;1-3-5-6-4-2;;/h2-5H,1H3,(H2,11,14);1H,4-5H2,2H3;2*1H. The average Bonchev–Trinajstić information content (AvgIpc) is 2.45. The number of ether oxygens (including phenoxy) is 1. The van der Waals surface area contributed by atoms with E-state index in [2.05, 4.69) is 15.9 Å². The molecule has 0 spiro atoms. The van der Waals surface area contributed by atoms with Crippen LogP contribution in [0.4, 0.5) is 0 Å². The molecule has 120 valence electrons. The van der Waals surface area contributed by atoms with Crippen LogP contribution in [-0.2, 0) is 4.74 Å². The Labute approximate surface area is 142 Å². The monoisotopic (exact) mass is 343 g/mol. The van der Waals surface area contributed by atoms with Gasteiger partial charge in [0.25, 0.3) is 5.91 Å². The normalized spacial score (nSPS) is 8.59. The van der Waals surface area contributed by atoms with Crippen molar-refractivity contribution in [2.24, 2.45) is 5.73 Å². The van der Waals surface area contributed by atoms with Crippen LogP contribution in [0.15, 0.2) is 24.4 Å². The molecule has 1 amide bonds. The van der Waals surface area contributed by atoms with Crippen LogP contribution in [0, 0.1) is 19.3 Å². The van der Waals surface area contributed by atoms with Crippen molar-refractivity contribution in [1.82, 2.24) is 9.97 Å². The van der Waals surface area contributed by atoms with Crippen molar-refractivity contribution in [2.45, 2.75) is 13.8 Å². The minimum atomic E-state index is -0.604. The highest BCUT2D eigenvalue weighted by Crippen LogP contribution is 2.12. The van der Waals surface area contributed by atoms with E-state index in [4.69, 9.17) is 16.9 Å². The summed E-state index contributed by atoms with van der Waals surface area (Å²) in [6.07, 6.45) is 6.45. The summed E-state index contributed by atoms with van der Waals surface area (Å²) in [5.41, 5.74) is 6.94. The molecule has 0 saturated heterocycles. The molecular weight excluding hydrogens is 325 g/mol. The summed E-state index contributed by atoms with van der Waals surface area (Å²) in [5.74, 6) is 1.80. The van der Waals surface area contributed by atoms with Crippen LogP contribution in [0.5, 0.6) is 0 Å². The number of fused-ring (bicyclic) bond motifs is 1. The van der Waals surface area contributed by atoms with Gasteiger partial charge in [-0.1, -0.05) is 17.6 Å². The average molecular weight is 344 g/mol. The Morgan fingerprint density at radius 2 is 2.09 bits per heavy atom. The van der Waals surface area contributed by atoms with Crippen molar-refractivity contribution in [2.75, 3.05) is 13.2 Å². The second kappa shape index (κ2) is 11.8. The van der Waals surface area contributed by atoms with E-state index < -0.39 is 5.91 Å². The van der Waals surface area contributed by atoms with Gasteiger partial charge >= 0.3 is 0 Å². The number of rotatable bonds is 3. The highest BCUT2D eigenvalue weighted by atomic mass is 35.5. The van der Waals surface area contributed by atoms with Crippen molar-refractivity contribution in [1.29, 1.82) is 0 Å². The fraction of sp³-hybridized carbons (Fsp3) is 0.267. The molecule has 2 aromatic rings. The van der Waals surface area contributed by atoms with Crippen LogP contribution < -0.4 is 5.73 Å². The van der Waals surface area contributed by atoms with E-state index in [-0.39, 0.29) is 30.6 Å². The number of amides is 1. The molecular formula is C15H19Cl2N3O2. The van der Waals surface area contributed by atoms with E-state index in [1.54, 1.807) is 6.20 Å². The molecule has 0 radical (unpaired) electrons. The number of aromatic nitrogens is 2. The van der Waals surface area contributed by atoms with E-state index in [0.717, 1.165) is 16.5 Å². The third kappa shape index (κ3) is 7.23. The summed E-state index contributed by atoms with van der Waals surface area (Å²) in [6, 6.07) is 5.74. The first kappa shape index (κ1) is 22.4. The highest BCUT2D eigenvalue weighted by Gasteiger charge is 2.04. The minimum absolute atomic E-state index is 0. The number of nitrogens with two attached hydrogens (primary N) is 1. The zero-order valence-electron chi connectivity index (χ0n) is 12.4. The van der Waals surface area contributed by atoms with Gasteiger partial charge in [-0.25, -0.2) is 9.97 Å². The number of hydrogen-bond acceptors (Lipinski definition) is 4. The molecule has 22 heavy (non-hydrogen) atoms. The maximum absolute atomic E-state index is 10.8. The van der Waals surface area contributed by atoms with Gasteiger partial charge in [-0.15, -0.1) is 31.2 Å². The van der Waals surface area contributed by atoms with E-state index in [0.29, 0.717) is 13.2 Å². The summed E-state index contributed by atoms with van der Waals surface area (Å²) < 4.78 is 4.75. The molecule has 0 atom stereocenters. The Balaban J connectivity index is 0. The fourth-order valence-electron chi connectivity index (χ4n) is 1.43. The molecule has 0 bridgehead atoms. The number of nitrogens with zero attached hydrogens (tertiary/aromatic N) is 2. The van der Waals surface area contributed by atoms with Crippen molar-refractivity contribution < 1.29 is 9.53 Å². The Morgan fingerprint density at radius 1 is 1.41 bits per heavy atom. The van der Waals surface area contributed by atoms with E-state index >= 15 is 0 Å². The van der Waals surface area contributed by atoms with Crippen LogP contribution in [-0.4, -0.2) is 29.1 Å². The predicted octanol–water partition coefficient (Wildman–Crippen LogP) is 2.54. The predicted molar refractivity (Wildman–Crippen MR) is 92.6 cm³/mol. The molecule has 2 rings (SSSR count). The molecule has 0 aliphatic carbocycles. The second-order valence-corrected chi connectivity index (χ2v) is 3.96. The quantitative estimate of drug-likeness (QED) is 0.686. The number of primary amides is 1. The largest absolute Gasteiger partial charge is 0.369 e. The van der Waals surface area contributed by atoms with Crippen LogP contribution in [0.3, 0.4) is 0 Å². The van der Waals surface area contributed by atoms with Crippen LogP contribution >= 0.6 is 24.8 Å². The van der Waals surface area contributed by atoms with Gasteiger partial charge in [-0.2, -0.15) is 0 Å². The molecule has 1 aromatic heterocycles. The number of halogens is 2. The lowest BCUT2D eigenvalue weighted by Crippen LogP contribution is -2.14. The van der Waals surface area contributed by atoms with Gasteiger partial charge in [-0.3, -0.25) is 4.79 Å². The summed E-state index contributed by atoms with van der Waals surface area (Å²) >= 11 is 0. The van der Waals surface area contributed by atoms with Crippen LogP contribution in [0.2, 0.25) is 0 Å². The first-order chi connectivity index (χ1) is 9.58. The van der Waals surface area contributed by atoms with Gasteiger partial charge in [0.2, 0.25) is 5.82 Å². The molecule has 0 fully saturated rings. The lowest BCUT2D eigenvalue weighted by atomic mass is 10.2. The van der Waals surface area contributed by atoms with Crippen molar-refractivity contribution >= 4 is 41.6 Å². The van der Waals surface area contributed by atoms with Gasteiger partial charge < -0.3 is 10.5 Å². The highest BCUT2D eigenvalue weighted by molar-refractivity contribution is 5.91. The second-order valence-electron chi connectivity index (χ2n) is 3.96. The summed E-state index contributed by atoms with van der Waals surface area (Å²) in [5, 5.41) is 0.912. The van der Waals surface area contributed by atoms with E-state index in [1.165, 1.54) is 0 Å². The van der Waals surface area contributed by atoms with Gasteiger partial charge in [0.1, 0.15) is 6.61 Å². The van der Waals surface area contributed by atoms with Gasteiger partial charge in [0, 0.05) is 18.2 Å². The molecule has 2 N–H and O–H groups in total. The topological polar surface area (TPSA) is 78.1 Å². The first-order valence-corrected chi connectivity index (χ1v) is 6.13. The van der Waals surface area contributed by atoms with Crippen molar-refractivity contribution in [3.05, 3.63) is 35.8 Å². The molecule has 5 nitrogen and oxygen atoms in total. The Bertz CT molecular complexity index is 642. The number of terminal acetylenes is 1. The molecule has 0 unspecified atom stereocenters. The Morgan fingerprint density at radius 3 is 2.59 bits per heavy atom. The van der Waals surface area contributed by atoms with Crippen LogP contribution in [0.25, 0.3) is 10.9 Å². The van der Waals surface area contributed by atoms with Crippen molar-refractivity contribution in [3.8, 4) is 12.3 Å². The van der Waals surface area contributed by atoms with E-state index in [9.17, 15) is 4.79 Å². The lowest BCUT2D eigenvalue weighted by Gasteiger charge is -1.99. The number of carbonyl (C=O) groups excluding carboxylic acids is 1. The smallest absolute Gasteiger partial charge is 0.286 e. The molecule has 1 aromatic carbocycles.